The third-order valence-electron chi connectivity index (χ3n) is 10.7. The predicted molar refractivity (Wildman–Crippen MR) is 202 cm³/mol. The summed E-state index contributed by atoms with van der Waals surface area (Å²) in [6.45, 7) is 10.0. The molecule has 53 heavy (non-hydrogen) atoms. The summed E-state index contributed by atoms with van der Waals surface area (Å²) in [6.07, 6.45) is 2.42. The van der Waals surface area contributed by atoms with E-state index in [0.717, 1.165) is 45.6 Å². The van der Waals surface area contributed by atoms with E-state index in [1.165, 1.54) is 4.90 Å². The summed E-state index contributed by atoms with van der Waals surface area (Å²) >= 11 is 0. The number of carbonyl (C=O) groups excluding carboxylic acids is 2. The van der Waals surface area contributed by atoms with E-state index in [1.807, 2.05) is 57.2 Å². The highest BCUT2D eigenvalue weighted by Gasteiger charge is 2.36. The molecule has 2 amide bonds. The Morgan fingerprint density at radius 1 is 1.08 bits per heavy atom. The average Bonchev–Trinajstić information content (AvgIpc) is 3.73. The zero-order valence-electron chi connectivity index (χ0n) is 31.0. The standard InChI is InChI=1S/C40H48N6O6S/c1-24-25(2)36(26(3)28-18-19-40(4,5)52-35(24)28)53(49,50)45-38(42)43-20-10-17-34(37(47)46-21-11-12-27(46)22-41)44-39(48)51-23-33-31-15-8-6-13-29(31)30-14-7-9-16-32(30)33/h6-9,13-16,27,33-34H,10-12,17-21,23H2,1-5H3,(H,44,48)(H3,42,43,45)/t27-,34-/m0/s1. The van der Waals surface area contributed by atoms with Gasteiger partial charge in [0.05, 0.1) is 11.0 Å². The second-order valence-corrected chi connectivity index (χ2v) is 16.3. The summed E-state index contributed by atoms with van der Waals surface area (Å²) in [4.78, 5) is 32.8. The monoisotopic (exact) mass is 740 g/mol. The number of sulfonamides is 1. The molecule has 2 aliphatic heterocycles. The van der Waals surface area contributed by atoms with Crippen LogP contribution >= 0.6 is 0 Å². The molecule has 3 aromatic rings. The number of hydrogen-bond donors (Lipinski definition) is 3. The van der Waals surface area contributed by atoms with Gasteiger partial charge in [0.1, 0.15) is 30.0 Å². The third kappa shape index (κ3) is 7.69. The summed E-state index contributed by atoms with van der Waals surface area (Å²) in [7, 11) is -4.09. The number of amides is 2. The molecule has 1 aliphatic carbocycles. The Hall–Kier alpha value is -5.09. The lowest BCUT2D eigenvalue weighted by molar-refractivity contribution is -0.133. The average molecular weight is 741 g/mol. The Bertz CT molecular complexity index is 2060. The van der Waals surface area contributed by atoms with Crippen molar-refractivity contribution >= 4 is 28.0 Å². The number of benzene rings is 3. The Morgan fingerprint density at radius 3 is 2.40 bits per heavy atom. The first-order valence-corrected chi connectivity index (χ1v) is 19.7. The van der Waals surface area contributed by atoms with Crippen LogP contribution in [0.25, 0.3) is 11.1 Å². The largest absolute Gasteiger partial charge is 0.487 e. The van der Waals surface area contributed by atoms with E-state index in [0.29, 0.717) is 36.9 Å². The maximum Gasteiger partial charge on any atom is 0.407 e. The molecule has 0 saturated carbocycles. The van der Waals surface area contributed by atoms with Crippen molar-refractivity contribution < 1.29 is 27.5 Å². The quantitative estimate of drug-likeness (QED) is 0.139. The van der Waals surface area contributed by atoms with Crippen molar-refractivity contribution in [1.29, 1.82) is 5.26 Å². The molecule has 0 aromatic heterocycles. The molecule has 0 radical (unpaired) electrons. The molecule has 1 fully saturated rings. The zero-order chi connectivity index (χ0) is 38.1. The number of carbonyl (C=O) groups is 2. The first-order valence-electron chi connectivity index (χ1n) is 18.2. The molecule has 13 heteroatoms. The number of ether oxygens (including phenoxy) is 2. The number of nitrogens with one attached hydrogen (secondary N) is 2. The van der Waals surface area contributed by atoms with E-state index in [4.69, 9.17) is 15.2 Å². The Balaban J connectivity index is 1.11. The van der Waals surface area contributed by atoms with Gasteiger partial charge in [-0.15, -0.1) is 0 Å². The highest BCUT2D eigenvalue weighted by molar-refractivity contribution is 7.90. The van der Waals surface area contributed by atoms with Crippen molar-refractivity contribution in [3.8, 4) is 22.9 Å². The minimum atomic E-state index is -4.09. The number of rotatable bonds is 10. The van der Waals surface area contributed by atoms with E-state index in [-0.39, 0.29) is 54.3 Å². The molecule has 3 aromatic carbocycles. The molecule has 1 saturated heterocycles. The maximum absolute atomic E-state index is 13.7. The van der Waals surface area contributed by atoms with Crippen molar-refractivity contribution in [2.75, 3.05) is 19.7 Å². The number of guanidine groups is 1. The number of likely N-dealkylation sites (tertiary alicyclic amines) is 1. The highest BCUT2D eigenvalue weighted by Crippen LogP contribution is 2.45. The Morgan fingerprint density at radius 2 is 1.74 bits per heavy atom. The maximum atomic E-state index is 13.7. The van der Waals surface area contributed by atoms with Crippen LogP contribution in [0.1, 0.15) is 85.3 Å². The van der Waals surface area contributed by atoms with Gasteiger partial charge in [-0.3, -0.25) is 9.79 Å². The van der Waals surface area contributed by atoms with Crippen LogP contribution in [0.5, 0.6) is 5.75 Å². The fraction of sp³-hybridized carbons (Fsp3) is 0.450. The summed E-state index contributed by atoms with van der Waals surface area (Å²) < 4.78 is 41.7. The number of nitrogens with two attached hydrogens (primary N) is 1. The van der Waals surface area contributed by atoms with Crippen molar-refractivity contribution in [2.24, 2.45) is 10.7 Å². The third-order valence-corrected chi connectivity index (χ3v) is 12.4. The van der Waals surface area contributed by atoms with Gasteiger partial charge in [-0.25, -0.2) is 17.9 Å². The van der Waals surface area contributed by atoms with Crippen molar-refractivity contribution in [1.82, 2.24) is 14.9 Å². The van der Waals surface area contributed by atoms with E-state index in [1.54, 1.807) is 13.8 Å². The Kier molecular flexibility index (Phi) is 10.7. The van der Waals surface area contributed by atoms with Crippen molar-refractivity contribution in [3.05, 3.63) is 81.9 Å². The number of fused-ring (bicyclic) bond motifs is 4. The summed E-state index contributed by atoms with van der Waals surface area (Å²) in [6, 6.07) is 16.7. The molecule has 6 rings (SSSR count). The van der Waals surface area contributed by atoms with Crippen LogP contribution in [0.15, 0.2) is 58.4 Å². The first-order chi connectivity index (χ1) is 25.2. The van der Waals surface area contributed by atoms with Gasteiger partial charge in [0, 0.05) is 19.0 Å². The number of aliphatic imine (C=N–C) groups is 1. The molecule has 0 spiro atoms. The fourth-order valence-electron chi connectivity index (χ4n) is 7.87. The predicted octanol–water partition coefficient (Wildman–Crippen LogP) is 5.51. The summed E-state index contributed by atoms with van der Waals surface area (Å²) in [5, 5.41) is 12.4. The summed E-state index contributed by atoms with van der Waals surface area (Å²) in [5.74, 6) is -0.0693. The van der Waals surface area contributed by atoms with E-state index >= 15 is 0 Å². The van der Waals surface area contributed by atoms with Crippen LogP contribution in [0.2, 0.25) is 0 Å². The topological polar surface area (TPSA) is 176 Å². The number of hydrogen-bond acceptors (Lipinski definition) is 8. The van der Waals surface area contributed by atoms with Crippen molar-refractivity contribution in [2.45, 2.75) is 102 Å². The second kappa shape index (κ2) is 15.1. The van der Waals surface area contributed by atoms with Gasteiger partial charge >= 0.3 is 6.09 Å². The van der Waals surface area contributed by atoms with Gasteiger partial charge in [0.2, 0.25) is 11.9 Å². The number of nitriles is 1. The molecule has 0 bridgehead atoms. The van der Waals surface area contributed by atoms with Crippen molar-refractivity contribution in [3.63, 3.8) is 0 Å². The lowest BCUT2D eigenvalue weighted by Crippen LogP contribution is -2.50. The van der Waals surface area contributed by atoms with E-state index in [2.05, 4.69) is 33.2 Å². The van der Waals surface area contributed by atoms with Gasteiger partial charge in [-0.2, -0.15) is 5.26 Å². The van der Waals surface area contributed by atoms with E-state index in [9.17, 15) is 23.3 Å². The normalized spacial score (nSPS) is 18.2. The van der Waals surface area contributed by atoms with Gasteiger partial charge in [0.25, 0.3) is 10.0 Å². The first kappa shape index (κ1) is 37.7. The molecule has 2 atom stereocenters. The smallest absolute Gasteiger partial charge is 0.407 e. The SMILES string of the molecule is Cc1c(C)c(S(=O)(=O)NC(N)=NCCC[C@H](NC(=O)OCC2c3ccccc3-c3ccccc32)C(=O)N2CCC[C@H]2C#N)c(C)c2c1OC(C)(C)CC2. The molecular weight excluding hydrogens is 693 g/mol. The lowest BCUT2D eigenvalue weighted by Gasteiger charge is -2.35. The van der Waals surface area contributed by atoms with Crippen LogP contribution in [-0.4, -0.2) is 68.7 Å². The highest BCUT2D eigenvalue weighted by atomic mass is 32.2. The van der Waals surface area contributed by atoms with Gasteiger partial charge in [0.15, 0.2) is 0 Å². The van der Waals surface area contributed by atoms with Crippen LogP contribution in [0, 0.1) is 32.1 Å². The molecular formula is C40H48N6O6S. The molecule has 0 unspecified atom stereocenters. The summed E-state index contributed by atoms with van der Waals surface area (Å²) in [5.41, 5.74) is 13.0. The van der Waals surface area contributed by atoms with Gasteiger partial charge in [-0.05, 0) is 118 Å². The van der Waals surface area contributed by atoms with Crippen LogP contribution in [0.3, 0.4) is 0 Å². The lowest BCUT2D eigenvalue weighted by atomic mass is 9.88. The van der Waals surface area contributed by atoms with Crippen LogP contribution in [-0.2, 0) is 26.0 Å². The molecule has 280 valence electrons. The molecule has 2 heterocycles. The fourth-order valence-corrected chi connectivity index (χ4v) is 9.40. The van der Waals surface area contributed by atoms with Crippen LogP contribution < -0.4 is 20.5 Å². The van der Waals surface area contributed by atoms with Crippen LogP contribution in [0.4, 0.5) is 4.79 Å². The second-order valence-electron chi connectivity index (χ2n) is 14.7. The molecule has 12 nitrogen and oxygen atoms in total. The number of nitrogens with zero attached hydrogens (tertiary/aromatic N) is 3. The molecule has 4 N–H and O–H groups in total. The minimum absolute atomic E-state index is 0.0796. The Labute approximate surface area is 311 Å². The van der Waals surface area contributed by atoms with Gasteiger partial charge in [-0.1, -0.05) is 48.5 Å². The van der Waals surface area contributed by atoms with E-state index < -0.39 is 28.2 Å². The molecule has 3 aliphatic rings. The van der Waals surface area contributed by atoms with Gasteiger partial charge < -0.3 is 25.4 Å². The minimum Gasteiger partial charge on any atom is -0.487 e. The number of alkyl carbamates (subject to hydrolysis) is 1. The zero-order valence-corrected chi connectivity index (χ0v) is 31.8.